The molecule has 0 saturated carbocycles. The Balaban J connectivity index is 1.96. The number of ether oxygens (including phenoxy) is 2. The van der Waals surface area contributed by atoms with E-state index in [4.69, 9.17) is 9.47 Å². The molecule has 0 bridgehead atoms. The first kappa shape index (κ1) is 12.4. The molecule has 4 rings (SSSR count). The summed E-state index contributed by atoms with van der Waals surface area (Å²) in [6.45, 7) is 1.67. The first-order chi connectivity index (χ1) is 10.1. The number of hydrogen-bond donors (Lipinski definition) is 1. The normalized spacial score (nSPS) is 33.0. The number of hydrogen-bond acceptors (Lipinski definition) is 4. The maximum absolute atomic E-state index is 12.1. The average molecular weight is 282 g/mol. The lowest BCUT2D eigenvalue weighted by Gasteiger charge is -2.58. The highest BCUT2D eigenvalue weighted by Crippen LogP contribution is 2.60. The summed E-state index contributed by atoms with van der Waals surface area (Å²) < 4.78 is 11.4. The van der Waals surface area contributed by atoms with E-state index in [1.54, 1.807) is 19.1 Å². The number of aliphatic hydroxyl groups is 1. The molecule has 1 fully saturated rings. The Hall–Kier alpha value is -2.33. The summed E-state index contributed by atoms with van der Waals surface area (Å²) >= 11 is 0. The van der Waals surface area contributed by atoms with E-state index in [2.05, 4.69) is 0 Å². The summed E-state index contributed by atoms with van der Waals surface area (Å²) in [7, 11) is 0. The van der Waals surface area contributed by atoms with E-state index >= 15 is 0 Å². The van der Waals surface area contributed by atoms with E-state index in [0.29, 0.717) is 11.3 Å². The third-order valence-corrected chi connectivity index (χ3v) is 4.47. The van der Waals surface area contributed by atoms with Gasteiger partial charge in [-0.1, -0.05) is 48.5 Å². The van der Waals surface area contributed by atoms with E-state index in [0.717, 1.165) is 5.56 Å². The fraction of sp³-hybridized carbons (Fsp3) is 0.235. The molecule has 3 unspecified atom stereocenters. The van der Waals surface area contributed by atoms with Crippen LogP contribution in [0.2, 0.25) is 0 Å². The van der Waals surface area contributed by atoms with Crippen molar-refractivity contribution < 1.29 is 19.4 Å². The molecule has 4 nitrogen and oxygen atoms in total. The molecule has 3 atom stereocenters. The van der Waals surface area contributed by atoms with Crippen LogP contribution in [0.15, 0.2) is 54.6 Å². The Morgan fingerprint density at radius 1 is 1.00 bits per heavy atom. The van der Waals surface area contributed by atoms with E-state index in [1.165, 1.54) is 0 Å². The lowest BCUT2D eigenvalue weighted by atomic mass is 9.66. The van der Waals surface area contributed by atoms with Crippen LogP contribution in [0.4, 0.5) is 0 Å². The number of esters is 1. The van der Waals surface area contributed by atoms with E-state index in [-0.39, 0.29) is 0 Å². The Kier molecular flexibility index (Phi) is 2.28. The molecule has 106 valence electrons. The number of benzene rings is 2. The van der Waals surface area contributed by atoms with Gasteiger partial charge < -0.3 is 14.6 Å². The van der Waals surface area contributed by atoms with Crippen LogP contribution in [0.3, 0.4) is 0 Å². The lowest BCUT2D eigenvalue weighted by molar-refractivity contribution is -0.297. The second kappa shape index (κ2) is 3.86. The van der Waals surface area contributed by atoms with Gasteiger partial charge in [0.2, 0.25) is 11.2 Å². The predicted molar refractivity (Wildman–Crippen MR) is 74.6 cm³/mol. The minimum atomic E-state index is -1.22. The van der Waals surface area contributed by atoms with Gasteiger partial charge in [-0.3, -0.25) is 0 Å². The first-order valence-corrected chi connectivity index (χ1v) is 6.84. The van der Waals surface area contributed by atoms with Gasteiger partial charge in [0.1, 0.15) is 11.9 Å². The Morgan fingerprint density at radius 2 is 1.67 bits per heavy atom. The average Bonchev–Trinajstić information content (AvgIpc) is 2.52. The predicted octanol–water partition coefficient (Wildman–Crippen LogP) is 2.32. The smallest absolute Gasteiger partial charge is 0.356 e. The molecular weight excluding hydrogens is 268 g/mol. The van der Waals surface area contributed by atoms with Gasteiger partial charge in [0, 0.05) is 11.1 Å². The quantitative estimate of drug-likeness (QED) is 0.816. The molecule has 1 N–H and O–H groups in total. The van der Waals surface area contributed by atoms with Crippen LogP contribution < -0.4 is 4.74 Å². The van der Waals surface area contributed by atoms with Gasteiger partial charge in [0.15, 0.2) is 0 Å². The van der Waals surface area contributed by atoms with E-state index < -0.39 is 23.3 Å². The molecule has 1 saturated heterocycles. The monoisotopic (exact) mass is 282 g/mol. The van der Waals surface area contributed by atoms with Crippen LogP contribution in [0.5, 0.6) is 5.75 Å². The molecule has 2 heterocycles. The number of rotatable bonds is 1. The molecule has 2 aromatic rings. The molecule has 4 heteroatoms. The molecule has 0 radical (unpaired) electrons. The summed E-state index contributed by atoms with van der Waals surface area (Å²) in [6.07, 6.45) is -0.965. The Labute approximate surface area is 121 Å². The van der Waals surface area contributed by atoms with Gasteiger partial charge >= 0.3 is 5.97 Å². The van der Waals surface area contributed by atoms with Gasteiger partial charge in [-0.2, -0.15) is 0 Å². The topological polar surface area (TPSA) is 55.8 Å². The van der Waals surface area contributed by atoms with Gasteiger partial charge in [-0.25, -0.2) is 4.79 Å². The summed E-state index contributed by atoms with van der Waals surface area (Å²) in [5, 5.41) is 10.9. The zero-order valence-corrected chi connectivity index (χ0v) is 11.4. The zero-order valence-electron chi connectivity index (χ0n) is 11.4. The number of carbonyl (C=O) groups excluding carboxylic acids is 1. The second-order valence-electron chi connectivity index (χ2n) is 5.57. The van der Waals surface area contributed by atoms with Crippen LogP contribution in [-0.2, 0) is 15.1 Å². The van der Waals surface area contributed by atoms with E-state index in [9.17, 15) is 9.90 Å². The van der Waals surface area contributed by atoms with Crippen LogP contribution in [0.25, 0.3) is 0 Å². The molecule has 2 aromatic carbocycles. The summed E-state index contributed by atoms with van der Waals surface area (Å²) in [6, 6.07) is 16.4. The second-order valence-corrected chi connectivity index (χ2v) is 5.57. The molecular formula is C17H14O4. The van der Waals surface area contributed by atoms with Gasteiger partial charge in [0.25, 0.3) is 0 Å². The van der Waals surface area contributed by atoms with Crippen LogP contribution in [0, 0.1) is 0 Å². The van der Waals surface area contributed by atoms with Crippen molar-refractivity contribution in [2.24, 2.45) is 0 Å². The fourth-order valence-corrected chi connectivity index (χ4v) is 3.30. The molecule has 2 aliphatic heterocycles. The first-order valence-electron chi connectivity index (χ1n) is 6.84. The molecule has 21 heavy (non-hydrogen) atoms. The van der Waals surface area contributed by atoms with E-state index in [1.807, 2.05) is 42.5 Å². The van der Waals surface area contributed by atoms with Crippen molar-refractivity contribution in [1.29, 1.82) is 0 Å². The van der Waals surface area contributed by atoms with Crippen LogP contribution in [-0.4, -0.2) is 16.7 Å². The van der Waals surface area contributed by atoms with Crippen molar-refractivity contribution in [3.8, 4) is 5.75 Å². The molecule has 0 spiro atoms. The van der Waals surface area contributed by atoms with Crippen molar-refractivity contribution in [2.45, 2.75) is 24.2 Å². The Bertz CT molecular complexity index is 727. The van der Waals surface area contributed by atoms with Gasteiger partial charge in [-0.05, 0) is 13.0 Å². The minimum Gasteiger partial charge on any atom is -0.471 e. The molecule has 0 aliphatic carbocycles. The highest BCUT2D eigenvalue weighted by molar-refractivity contribution is 5.90. The maximum Gasteiger partial charge on any atom is 0.356 e. The Morgan fingerprint density at radius 3 is 2.38 bits per heavy atom. The van der Waals surface area contributed by atoms with Crippen molar-refractivity contribution in [3.05, 3.63) is 65.7 Å². The van der Waals surface area contributed by atoms with Gasteiger partial charge in [0.05, 0.1) is 0 Å². The van der Waals surface area contributed by atoms with Crippen molar-refractivity contribution >= 4 is 5.97 Å². The van der Waals surface area contributed by atoms with Crippen LogP contribution in [0.1, 0.15) is 24.2 Å². The third-order valence-electron chi connectivity index (χ3n) is 4.47. The zero-order chi connectivity index (χ0) is 14.7. The highest BCUT2D eigenvalue weighted by atomic mass is 16.7. The maximum atomic E-state index is 12.1. The number of carbonyl (C=O) groups is 1. The molecule has 2 aliphatic rings. The number of fused-ring (bicyclic) bond motifs is 2. The van der Waals surface area contributed by atoms with Crippen molar-refractivity contribution in [2.75, 3.05) is 0 Å². The summed E-state index contributed by atoms with van der Waals surface area (Å²) in [5.41, 5.74) is -1.05. The van der Waals surface area contributed by atoms with Crippen molar-refractivity contribution in [1.82, 2.24) is 0 Å². The third kappa shape index (κ3) is 1.30. The minimum absolute atomic E-state index is 0.458. The van der Waals surface area contributed by atoms with Gasteiger partial charge in [-0.15, -0.1) is 0 Å². The largest absolute Gasteiger partial charge is 0.471 e. The number of aliphatic hydroxyl groups excluding tert-OH is 1. The molecule has 0 aromatic heterocycles. The molecule has 0 amide bonds. The van der Waals surface area contributed by atoms with Crippen LogP contribution >= 0.6 is 0 Å². The van der Waals surface area contributed by atoms with Crippen molar-refractivity contribution in [3.63, 3.8) is 0 Å². The fourth-order valence-electron chi connectivity index (χ4n) is 3.30. The summed E-state index contributed by atoms with van der Waals surface area (Å²) in [4.78, 5) is 12.1. The highest BCUT2D eigenvalue weighted by Gasteiger charge is 2.75. The summed E-state index contributed by atoms with van der Waals surface area (Å²) in [5.74, 6) is 0.0654. The SMILES string of the molecule is CC12Oc3ccccc3C(O)C1(c1ccccc1)OC2=O. The number of para-hydroxylation sites is 1. The lowest BCUT2D eigenvalue weighted by Crippen LogP contribution is -2.75. The standard InChI is InChI=1S/C17H14O4/c1-16-15(19)21-17(16,11-7-3-2-4-8-11)14(18)12-9-5-6-10-13(12)20-16/h2-10,14,18H,1H3.